The molecule has 0 saturated carbocycles. The first-order valence-corrected chi connectivity index (χ1v) is 10.9. The quantitative estimate of drug-likeness (QED) is 0.407. The summed E-state index contributed by atoms with van der Waals surface area (Å²) in [5.41, 5.74) is 0. The molecule has 0 spiro atoms. The Bertz CT molecular complexity index is 476. The molecule has 9 heteroatoms. The smallest absolute Gasteiger partial charge is 0.381 e. The Morgan fingerprint density at radius 3 is 2.33 bits per heavy atom. The predicted molar refractivity (Wildman–Crippen MR) is 96.7 cm³/mol. The van der Waals surface area contributed by atoms with E-state index in [4.69, 9.17) is 9.47 Å². The monoisotopic (exact) mass is 413 g/mol. The van der Waals surface area contributed by atoms with E-state index in [1.807, 2.05) is 4.31 Å². The number of piperidine rings is 1. The van der Waals surface area contributed by atoms with Crippen LogP contribution in [0.4, 0.5) is 13.2 Å². The minimum Gasteiger partial charge on any atom is -0.381 e. The van der Waals surface area contributed by atoms with E-state index in [1.165, 1.54) is 0 Å². The molecule has 2 fully saturated rings. The molecule has 0 bridgehead atoms. The molecule has 158 valence electrons. The third-order valence-electron chi connectivity index (χ3n) is 5.25. The first-order valence-electron chi connectivity index (χ1n) is 9.76. The zero-order valence-corrected chi connectivity index (χ0v) is 16.5. The molecule has 0 N–H and O–H groups in total. The molecule has 27 heavy (non-hydrogen) atoms. The molecule has 0 amide bonds. The fraction of sp³-hybridized carbons (Fsp3) is 0.944. The van der Waals surface area contributed by atoms with Crippen LogP contribution in [0.15, 0.2) is 0 Å². The molecule has 2 saturated heterocycles. The number of halogens is 3. The molecule has 2 aliphatic heterocycles. The van der Waals surface area contributed by atoms with Gasteiger partial charge in [-0.3, -0.25) is 0 Å². The number of hydrogen-bond acceptors (Lipinski definition) is 4. The van der Waals surface area contributed by atoms with E-state index in [9.17, 15) is 22.2 Å². The van der Waals surface area contributed by atoms with Gasteiger partial charge in [0.05, 0.1) is 6.10 Å². The van der Waals surface area contributed by atoms with Crippen LogP contribution in [0.1, 0.15) is 57.8 Å². The predicted octanol–water partition coefficient (Wildman–Crippen LogP) is 3.39. The van der Waals surface area contributed by atoms with Crippen molar-refractivity contribution in [3.8, 4) is 0 Å². The maximum Gasteiger partial charge on any atom is 0.389 e. The zero-order valence-electron chi connectivity index (χ0n) is 15.7. The average Bonchev–Trinajstić information content (AvgIpc) is 2.67. The van der Waals surface area contributed by atoms with Crippen molar-refractivity contribution >= 4 is 17.3 Å². The van der Waals surface area contributed by atoms with Gasteiger partial charge in [-0.05, 0) is 38.5 Å². The SMILES string of the molecule is O=CC1(S(=O)N2CCC(OCCCCCCC(F)(F)F)CC2)CCOCC1. The lowest BCUT2D eigenvalue weighted by atomic mass is 10.0. The standard InChI is InChI=1S/C18H30F3NO4S/c19-18(20,21)7-3-1-2-4-12-26-16-5-10-22(11-6-16)27(24)17(15-23)8-13-25-14-9-17/h15-16H,1-14H2. The number of aldehydes is 1. The highest BCUT2D eigenvalue weighted by atomic mass is 32.2. The Morgan fingerprint density at radius 1 is 1.11 bits per heavy atom. The van der Waals surface area contributed by atoms with Gasteiger partial charge in [-0.1, -0.05) is 12.8 Å². The summed E-state index contributed by atoms with van der Waals surface area (Å²) in [5.74, 6) is 0. The number of rotatable bonds is 10. The summed E-state index contributed by atoms with van der Waals surface area (Å²) in [6.45, 7) is 2.73. The van der Waals surface area contributed by atoms with Gasteiger partial charge in [-0.2, -0.15) is 13.2 Å². The van der Waals surface area contributed by atoms with Crippen molar-refractivity contribution < 1.29 is 31.6 Å². The number of nitrogens with zero attached hydrogens (tertiary/aromatic N) is 1. The van der Waals surface area contributed by atoms with Crippen LogP contribution < -0.4 is 0 Å². The molecule has 1 atom stereocenters. The van der Waals surface area contributed by atoms with Gasteiger partial charge >= 0.3 is 6.18 Å². The van der Waals surface area contributed by atoms with Crippen molar-refractivity contribution in [1.29, 1.82) is 0 Å². The fourth-order valence-electron chi connectivity index (χ4n) is 3.50. The van der Waals surface area contributed by atoms with Crippen LogP contribution in [0.5, 0.6) is 0 Å². The van der Waals surface area contributed by atoms with Gasteiger partial charge in [-0.15, -0.1) is 0 Å². The third-order valence-corrected chi connectivity index (χ3v) is 7.28. The minimum atomic E-state index is -4.06. The van der Waals surface area contributed by atoms with Crippen molar-refractivity contribution in [3.63, 3.8) is 0 Å². The molecular formula is C18H30F3NO4S. The van der Waals surface area contributed by atoms with Gasteiger partial charge in [0.15, 0.2) is 0 Å². The molecule has 2 aliphatic rings. The van der Waals surface area contributed by atoms with E-state index >= 15 is 0 Å². The van der Waals surface area contributed by atoms with Crippen molar-refractivity contribution in [3.05, 3.63) is 0 Å². The molecule has 0 radical (unpaired) electrons. The second-order valence-corrected chi connectivity index (χ2v) is 9.15. The first-order chi connectivity index (χ1) is 12.9. The van der Waals surface area contributed by atoms with Gasteiger partial charge in [0.1, 0.15) is 22.0 Å². The highest BCUT2D eigenvalue weighted by molar-refractivity contribution is 7.84. The van der Waals surface area contributed by atoms with Gasteiger partial charge in [-0.25, -0.2) is 8.51 Å². The Morgan fingerprint density at radius 2 is 1.74 bits per heavy atom. The number of ether oxygens (including phenoxy) is 2. The van der Waals surface area contributed by atoms with Crippen LogP contribution in [0, 0.1) is 0 Å². The van der Waals surface area contributed by atoms with Gasteiger partial charge in [0.2, 0.25) is 0 Å². The summed E-state index contributed by atoms with van der Waals surface area (Å²) in [5, 5.41) is 0. The normalized spacial score (nSPS) is 23.2. The maximum atomic E-state index is 12.9. The number of alkyl halides is 3. The van der Waals surface area contributed by atoms with E-state index in [2.05, 4.69) is 0 Å². The zero-order chi connectivity index (χ0) is 19.8. The van der Waals surface area contributed by atoms with Crippen molar-refractivity contribution in [2.45, 2.75) is 74.8 Å². The lowest BCUT2D eigenvalue weighted by molar-refractivity contribution is -0.135. The van der Waals surface area contributed by atoms with Crippen molar-refractivity contribution in [2.75, 3.05) is 32.9 Å². The minimum absolute atomic E-state index is 0.0929. The Balaban J connectivity index is 1.60. The van der Waals surface area contributed by atoms with Gasteiger partial charge < -0.3 is 14.3 Å². The van der Waals surface area contributed by atoms with Crippen LogP contribution in [0.2, 0.25) is 0 Å². The van der Waals surface area contributed by atoms with Gasteiger partial charge in [0, 0.05) is 39.3 Å². The molecule has 5 nitrogen and oxygen atoms in total. The number of carbonyl (C=O) groups is 1. The summed E-state index contributed by atoms with van der Waals surface area (Å²) in [4.78, 5) is 11.6. The Hall–Kier alpha value is -0.510. The molecule has 0 aromatic rings. The summed E-state index contributed by atoms with van der Waals surface area (Å²) in [6.07, 6.45) is 0.909. The van der Waals surface area contributed by atoms with Crippen LogP contribution in [-0.2, 0) is 25.3 Å². The van der Waals surface area contributed by atoms with E-state index < -0.39 is 28.3 Å². The topological polar surface area (TPSA) is 55.8 Å². The summed E-state index contributed by atoms with van der Waals surface area (Å²) >= 11 is 0. The molecular weight excluding hydrogens is 383 g/mol. The molecule has 0 aliphatic carbocycles. The number of unbranched alkanes of at least 4 members (excludes halogenated alkanes) is 3. The summed E-state index contributed by atoms with van der Waals surface area (Å²) in [7, 11) is -1.35. The van der Waals surface area contributed by atoms with E-state index in [1.54, 1.807) is 0 Å². The van der Waals surface area contributed by atoms with Crippen LogP contribution in [0.25, 0.3) is 0 Å². The summed E-state index contributed by atoms with van der Waals surface area (Å²) in [6, 6.07) is 0. The van der Waals surface area contributed by atoms with Crippen LogP contribution >= 0.6 is 0 Å². The average molecular weight is 414 g/mol. The second kappa shape index (κ2) is 10.9. The highest BCUT2D eigenvalue weighted by Crippen LogP contribution is 2.29. The number of hydrogen-bond donors (Lipinski definition) is 0. The van der Waals surface area contributed by atoms with Crippen molar-refractivity contribution in [1.82, 2.24) is 4.31 Å². The van der Waals surface area contributed by atoms with Crippen LogP contribution in [-0.4, -0.2) is 64.7 Å². The third kappa shape index (κ3) is 7.44. The molecule has 2 heterocycles. The lowest BCUT2D eigenvalue weighted by Crippen LogP contribution is -2.51. The molecule has 0 aromatic carbocycles. The highest BCUT2D eigenvalue weighted by Gasteiger charge is 2.42. The van der Waals surface area contributed by atoms with Crippen molar-refractivity contribution in [2.24, 2.45) is 0 Å². The second-order valence-electron chi connectivity index (χ2n) is 7.32. The largest absolute Gasteiger partial charge is 0.389 e. The molecule has 1 unspecified atom stereocenters. The van der Waals surface area contributed by atoms with Gasteiger partial charge in [0.25, 0.3) is 0 Å². The van der Waals surface area contributed by atoms with Crippen LogP contribution in [0.3, 0.4) is 0 Å². The van der Waals surface area contributed by atoms with E-state index in [0.29, 0.717) is 52.2 Å². The maximum absolute atomic E-state index is 12.9. The van der Waals surface area contributed by atoms with E-state index in [-0.39, 0.29) is 12.5 Å². The van der Waals surface area contributed by atoms with E-state index in [0.717, 1.165) is 32.0 Å². The summed E-state index contributed by atoms with van der Waals surface area (Å²) < 4.78 is 61.2. The number of carbonyl (C=O) groups excluding carboxylic acids is 1. The lowest BCUT2D eigenvalue weighted by Gasteiger charge is -2.38. The molecule has 0 aromatic heterocycles. The first kappa shape index (κ1) is 22.8. The molecule has 2 rings (SSSR count). The Labute approximate surface area is 161 Å². The Kier molecular flexibility index (Phi) is 9.18. The fourth-order valence-corrected chi connectivity index (χ4v) is 5.16.